The fourth-order valence-electron chi connectivity index (χ4n) is 3.47. The summed E-state index contributed by atoms with van der Waals surface area (Å²) in [5.41, 5.74) is 0.507. The summed E-state index contributed by atoms with van der Waals surface area (Å²) in [6.07, 6.45) is -3.85. The maximum Gasteiger partial charge on any atom is 0.416 e. The van der Waals surface area contributed by atoms with E-state index in [1.54, 1.807) is 18.0 Å². The topological polar surface area (TPSA) is 20.3 Å². The smallest absolute Gasteiger partial charge is 0.314 e. The SMILES string of the molecule is CN1C(=O)C(C)(CCc2ccccc2C(F)(F)F)c2ccccc21. The number of fused-ring (bicyclic) bond motifs is 1. The third kappa shape index (κ3) is 2.58. The van der Waals surface area contributed by atoms with Crippen molar-refractivity contribution in [2.45, 2.75) is 31.4 Å². The van der Waals surface area contributed by atoms with Gasteiger partial charge in [-0.25, -0.2) is 0 Å². The number of hydrogen-bond donors (Lipinski definition) is 0. The Balaban J connectivity index is 1.92. The van der Waals surface area contributed by atoms with Gasteiger partial charge in [-0.2, -0.15) is 13.2 Å². The second kappa shape index (κ2) is 5.65. The summed E-state index contributed by atoms with van der Waals surface area (Å²) < 4.78 is 39.4. The van der Waals surface area contributed by atoms with Crippen molar-refractivity contribution in [3.8, 4) is 0 Å². The second-order valence-corrected chi connectivity index (χ2v) is 6.37. The lowest BCUT2D eigenvalue weighted by atomic mass is 9.78. The highest BCUT2D eigenvalue weighted by Crippen LogP contribution is 2.44. The van der Waals surface area contributed by atoms with E-state index in [4.69, 9.17) is 0 Å². The second-order valence-electron chi connectivity index (χ2n) is 6.37. The highest BCUT2D eigenvalue weighted by molar-refractivity contribution is 6.07. The highest BCUT2D eigenvalue weighted by Gasteiger charge is 2.45. The Kier molecular flexibility index (Phi) is 3.90. The summed E-state index contributed by atoms with van der Waals surface area (Å²) in [7, 11) is 1.70. The number of carbonyl (C=O) groups excluding carboxylic acids is 1. The molecule has 0 aliphatic carbocycles. The van der Waals surface area contributed by atoms with Crippen molar-refractivity contribution in [3.63, 3.8) is 0 Å². The maximum absolute atomic E-state index is 13.1. The fraction of sp³-hybridized carbons (Fsp3) is 0.316. The van der Waals surface area contributed by atoms with Crippen molar-refractivity contribution in [2.24, 2.45) is 0 Å². The van der Waals surface area contributed by atoms with Crippen LogP contribution in [0.4, 0.5) is 18.9 Å². The van der Waals surface area contributed by atoms with Crippen molar-refractivity contribution in [3.05, 3.63) is 65.2 Å². The summed E-state index contributed by atoms with van der Waals surface area (Å²) in [5.74, 6) is -0.0758. The summed E-state index contributed by atoms with van der Waals surface area (Å²) >= 11 is 0. The van der Waals surface area contributed by atoms with Crippen LogP contribution in [0.3, 0.4) is 0 Å². The van der Waals surface area contributed by atoms with Gasteiger partial charge in [-0.1, -0.05) is 36.4 Å². The number of halogens is 3. The Morgan fingerprint density at radius 3 is 2.38 bits per heavy atom. The molecule has 0 saturated heterocycles. The molecular formula is C19H18F3NO. The number of amides is 1. The molecule has 1 heterocycles. The molecular weight excluding hydrogens is 315 g/mol. The van der Waals surface area contributed by atoms with Crippen LogP contribution in [-0.2, 0) is 22.8 Å². The van der Waals surface area contributed by atoms with Crippen LogP contribution in [-0.4, -0.2) is 13.0 Å². The lowest BCUT2D eigenvalue weighted by molar-refractivity contribution is -0.138. The van der Waals surface area contributed by atoms with Gasteiger partial charge in [-0.3, -0.25) is 4.79 Å². The molecule has 1 atom stereocenters. The third-order valence-electron chi connectivity index (χ3n) is 4.85. The molecule has 0 fully saturated rings. The normalized spacial score (nSPS) is 20.4. The van der Waals surface area contributed by atoms with E-state index in [1.807, 2.05) is 31.2 Å². The zero-order chi connectivity index (χ0) is 17.5. The number of aryl methyl sites for hydroxylation is 1. The molecule has 2 nitrogen and oxygen atoms in total. The molecule has 1 amide bonds. The van der Waals surface area contributed by atoms with E-state index in [9.17, 15) is 18.0 Å². The molecule has 126 valence electrons. The van der Waals surface area contributed by atoms with Crippen molar-refractivity contribution >= 4 is 11.6 Å². The number of likely N-dealkylation sites (N-methyl/N-ethyl adjacent to an activating group) is 1. The predicted molar refractivity (Wildman–Crippen MR) is 87.0 cm³/mol. The van der Waals surface area contributed by atoms with Crippen LogP contribution in [0.5, 0.6) is 0 Å². The molecule has 1 aliphatic rings. The van der Waals surface area contributed by atoms with Gasteiger partial charge in [0.25, 0.3) is 0 Å². The van der Waals surface area contributed by atoms with Gasteiger partial charge in [0.05, 0.1) is 11.0 Å². The summed E-state index contributed by atoms with van der Waals surface area (Å²) in [6.45, 7) is 1.81. The van der Waals surface area contributed by atoms with Gasteiger partial charge in [0.15, 0.2) is 0 Å². The van der Waals surface area contributed by atoms with Gasteiger partial charge in [-0.15, -0.1) is 0 Å². The van der Waals surface area contributed by atoms with E-state index in [0.29, 0.717) is 6.42 Å². The van der Waals surface area contributed by atoms with Gasteiger partial charge in [0.1, 0.15) is 0 Å². The minimum Gasteiger partial charge on any atom is -0.314 e. The molecule has 0 saturated carbocycles. The van der Waals surface area contributed by atoms with Gasteiger partial charge in [0.2, 0.25) is 5.91 Å². The van der Waals surface area contributed by atoms with E-state index < -0.39 is 17.2 Å². The number of nitrogens with zero attached hydrogens (tertiary/aromatic N) is 1. The molecule has 2 aromatic carbocycles. The Morgan fingerprint density at radius 2 is 1.67 bits per heavy atom. The molecule has 24 heavy (non-hydrogen) atoms. The van der Waals surface area contributed by atoms with Crippen LogP contribution in [0, 0.1) is 0 Å². The van der Waals surface area contributed by atoms with Crippen LogP contribution in [0.2, 0.25) is 0 Å². The summed E-state index contributed by atoms with van der Waals surface area (Å²) in [4.78, 5) is 14.3. The minimum absolute atomic E-state index is 0.0758. The zero-order valence-electron chi connectivity index (χ0n) is 13.5. The molecule has 5 heteroatoms. The first-order valence-electron chi connectivity index (χ1n) is 7.78. The number of para-hydroxylation sites is 1. The molecule has 0 aromatic heterocycles. The number of rotatable bonds is 3. The average molecular weight is 333 g/mol. The standard InChI is InChI=1S/C19H18F3NO/c1-18(15-9-5-6-10-16(15)23(2)17(18)24)12-11-13-7-3-4-8-14(13)19(20,21)22/h3-10H,11-12H2,1-2H3. The van der Waals surface area contributed by atoms with E-state index in [0.717, 1.165) is 17.3 Å². The molecule has 0 spiro atoms. The van der Waals surface area contributed by atoms with Gasteiger partial charge >= 0.3 is 6.18 Å². The quantitative estimate of drug-likeness (QED) is 0.805. The lowest BCUT2D eigenvalue weighted by Gasteiger charge is -2.24. The van der Waals surface area contributed by atoms with E-state index >= 15 is 0 Å². The number of alkyl halides is 3. The van der Waals surface area contributed by atoms with E-state index in [2.05, 4.69) is 0 Å². The molecule has 0 N–H and O–H groups in total. The molecule has 1 aliphatic heterocycles. The first-order valence-corrected chi connectivity index (χ1v) is 7.78. The zero-order valence-corrected chi connectivity index (χ0v) is 13.5. The Morgan fingerprint density at radius 1 is 1.04 bits per heavy atom. The molecule has 0 bridgehead atoms. The van der Waals surface area contributed by atoms with Crippen LogP contribution < -0.4 is 4.90 Å². The van der Waals surface area contributed by atoms with E-state index in [-0.39, 0.29) is 17.9 Å². The molecule has 0 radical (unpaired) electrons. The number of benzene rings is 2. The van der Waals surface area contributed by atoms with Crippen LogP contribution in [0.25, 0.3) is 0 Å². The van der Waals surface area contributed by atoms with Crippen molar-refractivity contribution in [1.29, 1.82) is 0 Å². The maximum atomic E-state index is 13.1. The van der Waals surface area contributed by atoms with Gasteiger partial charge in [-0.05, 0) is 43.0 Å². The largest absolute Gasteiger partial charge is 0.416 e. The van der Waals surface area contributed by atoms with Gasteiger partial charge < -0.3 is 4.90 Å². The first-order chi connectivity index (χ1) is 11.2. The van der Waals surface area contributed by atoms with E-state index in [1.165, 1.54) is 12.1 Å². The average Bonchev–Trinajstić information content (AvgIpc) is 2.75. The van der Waals surface area contributed by atoms with Crippen molar-refractivity contribution in [1.82, 2.24) is 0 Å². The van der Waals surface area contributed by atoms with Crippen LogP contribution in [0.1, 0.15) is 30.0 Å². The Bertz CT molecular complexity index is 784. The number of anilines is 1. The van der Waals surface area contributed by atoms with Crippen LogP contribution >= 0.6 is 0 Å². The Hall–Kier alpha value is -2.30. The molecule has 2 aromatic rings. The fourth-order valence-corrected chi connectivity index (χ4v) is 3.47. The van der Waals surface area contributed by atoms with Crippen LogP contribution in [0.15, 0.2) is 48.5 Å². The Labute approximate surface area is 138 Å². The monoisotopic (exact) mass is 333 g/mol. The summed E-state index contributed by atoms with van der Waals surface area (Å²) in [5, 5.41) is 0. The third-order valence-corrected chi connectivity index (χ3v) is 4.85. The molecule has 3 rings (SSSR count). The minimum atomic E-state index is -4.38. The molecule has 1 unspecified atom stereocenters. The number of carbonyl (C=O) groups is 1. The first kappa shape index (κ1) is 16.6. The van der Waals surface area contributed by atoms with Gasteiger partial charge in [0, 0.05) is 12.7 Å². The number of hydrogen-bond acceptors (Lipinski definition) is 1. The lowest BCUT2D eigenvalue weighted by Crippen LogP contribution is -2.36. The highest BCUT2D eigenvalue weighted by atomic mass is 19.4. The van der Waals surface area contributed by atoms with Crippen molar-refractivity contribution < 1.29 is 18.0 Å². The van der Waals surface area contributed by atoms with Crippen molar-refractivity contribution in [2.75, 3.05) is 11.9 Å². The summed E-state index contributed by atoms with van der Waals surface area (Å²) in [6, 6.07) is 13.0. The predicted octanol–water partition coefficient (Wildman–Crippen LogP) is 4.57.